The van der Waals surface area contributed by atoms with Crippen LogP contribution in [-0.4, -0.2) is 22.4 Å². The van der Waals surface area contributed by atoms with Gasteiger partial charge in [-0.25, -0.2) is 9.97 Å². The van der Waals surface area contributed by atoms with Crippen LogP contribution in [0.25, 0.3) is 0 Å². The van der Waals surface area contributed by atoms with E-state index in [1.165, 1.54) is 5.56 Å². The van der Waals surface area contributed by atoms with Gasteiger partial charge in [0.15, 0.2) is 0 Å². The predicted molar refractivity (Wildman–Crippen MR) is 103 cm³/mol. The lowest BCUT2D eigenvalue weighted by Crippen LogP contribution is -2.29. The molecule has 0 saturated heterocycles. The zero-order chi connectivity index (χ0) is 18.1. The maximum Gasteiger partial charge on any atom is 0.277 e. The predicted octanol–water partition coefficient (Wildman–Crippen LogP) is 4.04. The van der Waals surface area contributed by atoms with Crippen LogP contribution in [0.4, 0.5) is 17.3 Å². The van der Waals surface area contributed by atoms with E-state index in [-0.39, 0.29) is 5.91 Å². The molecule has 130 valence electrons. The number of nitrogens with zero attached hydrogens (tertiary/aromatic N) is 3. The fourth-order valence-corrected chi connectivity index (χ4v) is 3.35. The molecule has 0 spiro atoms. The van der Waals surface area contributed by atoms with Crippen LogP contribution in [0.2, 0.25) is 0 Å². The van der Waals surface area contributed by atoms with Crippen molar-refractivity contribution in [3.63, 3.8) is 0 Å². The molecule has 0 atom stereocenters. The van der Waals surface area contributed by atoms with E-state index in [1.807, 2.05) is 50.2 Å². The van der Waals surface area contributed by atoms with Gasteiger partial charge in [-0.15, -0.1) is 0 Å². The van der Waals surface area contributed by atoms with Gasteiger partial charge in [0.05, 0.1) is 0 Å². The van der Waals surface area contributed by atoms with E-state index >= 15 is 0 Å². The Morgan fingerprint density at radius 3 is 2.62 bits per heavy atom. The summed E-state index contributed by atoms with van der Waals surface area (Å²) < 4.78 is 0. The molecule has 5 nitrogen and oxygen atoms in total. The van der Waals surface area contributed by atoms with Crippen molar-refractivity contribution < 1.29 is 4.79 Å². The van der Waals surface area contributed by atoms with Crippen LogP contribution in [0.1, 0.15) is 27.2 Å². The molecule has 0 bridgehead atoms. The number of para-hydroxylation sites is 2. The Morgan fingerprint density at radius 2 is 1.81 bits per heavy atom. The van der Waals surface area contributed by atoms with E-state index in [2.05, 4.69) is 21.4 Å². The number of rotatable bonds is 3. The van der Waals surface area contributed by atoms with Crippen LogP contribution in [0.3, 0.4) is 0 Å². The van der Waals surface area contributed by atoms with Crippen LogP contribution in [0.5, 0.6) is 0 Å². The Bertz CT molecular complexity index is 963. The van der Waals surface area contributed by atoms with Crippen LogP contribution in [0.15, 0.2) is 54.7 Å². The lowest BCUT2D eigenvalue weighted by Gasteiger charge is -2.17. The largest absolute Gasteiger partial charge is 0.324 e. The minimum absolute atomic E-state index is 0.0955. The lowest BCUT2D eigenvalue weighted by atomic mass is 10.1. The second kappa shape index (κ2) is 6.59. The summed E-state index contributed by atoms with van der Waals surface area (Å²) in [5.41, 5.74) is 5.76. The highest BCUT2D eigenvalue weighted by Gasteiger charge is 2.26. The van der Waals surface area contributed by atoms with Gasteiger partial charge in [0.1, 0.15) is 5.69 Å². The molecule has 0 saturated carbocycles. The monoisotopic (exact) mass is 344 g/mol. The Kier molecular flexibility index (Phi) is 4.13. The summed E-state index contributed by atoms with van der Waals surface area (Å²) in [7, 11) is 0. The molecule has 3 aromatic rings. The summed E-state index contributed by atoms with van der Waals surface area (Å²) in [5, 5.41) is 3.25. The van der Waals surface area contributed by atoms with Crippen molar-refractivity contribution in [1.82, 2.24) is 9.97 Å². The molecule has 0 fully saturated rings. The summed E-state index contributed by atoms with van der Waals surface area (Å²) in [6.07, 6.45) is 2.50. The number of fused-ring (bicyclic) bond motifs is 1. The van der Waals surface area contributed by atoms with Crippen molar-refractivity contribution in [1.29, 1.82) is 0 Å². The van der Waals surface area contributed by atoms with E-state index < -0.39 is 0 Å². The summed E-state index contributed by atoms with van der Waals surface area (Å²) in [4.78, 5) is 23.5. The summed E-state index contributed by atoms with van der Waals surface area (Å²) >= 11 is 0. The zero-order valence-corrected chi connectivity index (χ0v) is 14.9. The van der Waals surface area contributed by atoms with E-state index in [4.69, 9.17) is 0 Å². The van der Waals surface area contributed by atoms with Crippen LogP contribution < -0.4 is 10.2 Å². The van der Waals surface area contributed by atoms with Crippen LogP contribution in [-0.2, 0) is 6.42 Å². The van der Waals surface area contributed by atoms with E-state index in [1.54, 1.807) is 17.2 Å². The Labute approximate surface area is 152 Å². The smallest absolute Gasteiger partial charge is 0.277 e. The van der Waals surface area contributed by atoms with Crippen LogP contribution in [0, 0.1) is 13.8 Å². The van der Waals surface area contributed by atoms with Crippen molar-refractivity contribution in [2.75, 3.05) is 16.8 Å². The van der Waals surface area contributed by atoms with Gasteiger partial charge in [-0.3, -0.25) is 4.79 Å². The molecule has 2 heterocycles. The van der Waals surface area contributed by atoms with Gasteiger partial charge < -0.3 is 10.2 Å². The quantitative estimate of drug-likeness (QED) is 0.779. The summed E-state index contributed by atoms with van der Waals surface area (Å²) in [6.45, 7) is 4.75. The van der Waals surface area contributed by atoms with E-state index in [0.29, 0.717) is 18.2 Å². The van der Waals surface area contributed by atoms with Crippen molar-refractivity contribution >= 4 is 23.2 Å². The van der Waals surface area contributed by atoms with Crippen molar-refractivity contribution in [3.05, 3.63) is 77.1 Å². The number of amides is 1. The molecule has 1 aliphatic heterocycles. The Balaban J connectivity index is 1.61. The highest BCUT2D eigenvalue weighted by molar-refractivity contribution is 6.06. The first-order chi connectivity index (χ1) is 12.6. The third kappa shape index (κ3) is 2.92. The molecule has 0 aliphatic carbocycles. The number of nitrogens with one attached hydrogen (secondary N) is 1. The minimum atomic E-state index is -0.0955. The summed E-state index contributed by atoms with van der Waals surface area (Å²) in [5.74, 6) is 0.336. The molecule has 26 heavy (non-hydrogen) atoms. The van der Waals surface area contributed by atoms with E-state index in [9.17, 15) is 4.79 Å². The third-order valence-corrected chi connectivity index (χ3v) is 4.72. The number of hydrogen-bond donors (Lipinski definition) is 1. The number of aryl methyl sites for hydroxylation is 2. The summed E-state index contributed by atoms with van der Waals surface area (Å²) in [6, 6.07) is 15.8. The number of anilines is 3. The highest BCUT2D eigenvalue weighted by atomic mass is 16.2. The molecule has 0 radical (unpaired) electrons. The minimum Gasteiger partial charge on any atom is -0.324 e. The molecule has 1 amide bonds. The normalized spacial score (nSPS) is 12.8. The maximum atomic E-state index is 13.0. The van der Waals surface area contributed by atoms with Crippen molar-refractivity contribution in [2.24, 2.45) is 0 Å². The van der Waals surface area contributed by atoms with Gasteiger partial charge in [-0.1, -0.05) is 36.4 Å². The fourth-order valence-electron chi connectivity index (χ4n) is 3.35. The van der Waals surface area contributed by atoms with Crippen molar-refractivity contribution in [2.45, 2.75) is 20.3 Å². The lowest BCUT2D eigenvalue weighted by molar-refractivity contribution is 0.0984. The van der Waals surface area contributed by atoms with Gasteiger partial charge in [-0.05, 0) is 49.1 Å². The zero-order valence-electron chi connectivity index (χ0n) is 14.9. The Morgan fingerprint density at radius 1 is 1.04 bits per heavy atom. The molecule has 2 aromatic carbocycles. The van der Waals surface area contributed by atoms with Gasteiger partial charge in [0.25, 0.3) is 5.91 Å². The number of carbonyl (C=O) groups is 1. The first kappa shape index (κ1) is 16.3. The highest BCUT2D eigenvalue weighted by Crippen LogP contribution is 2.29. The Hall–Kier alpha value is -3.21. The molecule has 1 aromatic heterocycles. The van der Waals surface area contributed by atoms with E-state index in [0.717, 1.165) is 28.9 Å². The standard InChI is InChI=1S/C21H20N4O/c1-14-6-5-7-15(2)19(14)24-21-22-12-10-17(23-21)20(26)25-13-11-16-8-3-4-9-18(16)25/h3-10,12H,11,13H2,1-2H3,(H,22,23,24). The first-order valence-corrected chi connectivity index (χ1v) is 8.69. The average Bonchev–Trinajstić information content (AvgIpc) is 3.09. The van der Waals surface area contributed by atoms with Gasteiger partial charge in [0, 0.05) is 24.1 Å². The maximum absolute atomic E-state index is 13.0. The number of benzene rings is 2. The third-order valence-electron chi connectivity index (χ3n) is 4.72. The first-order valence-electron chi connectivity index (χ1n) is 8.69. The molecular formula is C21H20N4O. The molecule has 1 aliphatic rings. The number of carbonyl (C=O) groups excluding carboxylic acids is 1. The molecule has 1 N–H and O–H groups in total. The van der Waals surface area contributed by atoms with Gasteiger partial charge >= 0.3 is 0 Å². The topological polar surface area (TPSA) is 58.1 Å². The van der Waals surface area contributed by atoms with Crippen molar-refractivity contribution in [3.8, 4) is 0 Å². The second-order valence-corrected chi connectivity index (χ2v) is 6.49. The number of hydrogen-bond acceptors (Lipinski definition) is 4. The SMILES string of the molecule is Cc1cccc(C)c1Nc1nccc(C(=O)N2CCc3ccccc32)n1. The molecule has 0 unspecified atom stereocenters. The second-order valence-electron chi connectivity index (χ2n) is 6.49. The molecule has 5 heteroatoms. The van der Waals surface area contributed by atoms with Gasteiger partial charge in [0.2, 0.25) is 5.95 Å². The molecule has 4 rings (SSSR count). The number of aromatic nitrogens is 2. The average molecular weight is 344 g/mol. The fraction of sp³-hybridized carbons (Fsp3) is 0.190. The van der Waals surface area contributed by atoms with Crippen LogP contribution >= 0.6 is 0 Å². The molecular weight excluding hydrogens is 324 g/mol. The van der Waals surface area contributed by atoms with Gasteiger partial charge in [-0.2, -0.15) is 0 Å².